The summed E-state index contributed by atoms with van der Waals surface area (Å²) in [5, 5.41) is 4.97. The highest BCUT2D eigenvalue weighted by atomic mass is 35.5. The Kier molecular flexibility index (Phi) is 5.35. The standard InChI is InChI=1S/C15H21Cl2N/c1-18-15(11-5-3-2-4-6-11)9-12-7-8-13(16)10-14(12)17/h7-8,10-11,15,18H,2-6,9H2,1H3. The smallest absolute Gasteiger partial charge is 0.0453 e. The average Bonchev–Trinajstić information content (AvgIpc) is 2.39. The minimum Gasteiger partial charge on any atom is -0.316 e. The van der Waals surface area contributed by atoms with Crippen LogP contribution in [0.2, 0.25) is 10.0 Å². The molecule has 1 aromatic carbocycles. The average molecular weight is 286 g/mol. The fraction of sp³-hybridized carbons (Fsp3) is 0.600. The lowest BCUT2D eigenvalue weighted by Gasteiger charge is -2.30. The third-order valence-electron chi connectivity index (χ3n) is 4.04. The van der Waals surface area contributed by atoms with Gasteiger partial charge in [-0.05, 0) is 49.9 Å². The zero-order valence-corrected chi connectivity index (χ0v) is 12.4. The highest BCUT2D eigenvalue weighted by molar-refractivity contribution is 6.35. The van der Waals surface area contributed by atoms with Gasteiger partial charge in [0.25, 0.3) is 0 Å². The maximum absolute atomic E-state index is 6.26. The molecule has 1 aromatic rings. The van der Waals surface area contributed by atoms with Crippen LogP contribution in [0.1, 0.15) is 37.7 Å². The monoisotopic (exact) mass is 285 g/mol. The summed E-state index contributed by atoms with van der Waals surface area (Å²) >= 11 is 12.2. The van der Waals surface area contributed by atoms with Gasteiger partial charge in [-0.25, -0.2) is 0 Å². The Morgan fingerprint density at radius 2 is 1.94 bits per heavy atom. The molecule has 18 heavy (non-hydrogen) atoms. The van der Waals surface area contributed by atoms with Crippen molar-refractivity contribution < 1.29 is 0 Å². The molecule has 1 unspecified atom stereocenters. The van der Waals surface area contributed by atoms with Gasteiger partial charge in [0.15, 0.2) is 0 Å². The second-order valence-electron chi connectivity index (χ2n) is 5.23. The quantitative estimate of drug-likeness (QED) is 0.845. The lowest BCUT2D eigenvalue weighted by molar-refractivity contribution is 0.277. The fourth-order valence-electron chi connectivity index (χ4n) is 2.97. The van der Waals surface area contributed by atoms with E-state index in [2.05, 4.69) is 18.4 Å². The van der Waals surface area contributed by atoms with E-state index in [1.807, 2.05) is 12.1 Å². The molecular formula is C15H21Cl2N. The number of hydrogen-bond donors (Lipinski definition) is 1. The molecule has 0 spiro atoms. The van der Waals surface area contributed by atoms with Crippen molar-refractivity contribution in [1.29, 1.82) is 0 Å². The Labute approximate surface area is 120 Å². The number of rotatable bonds is 4. The van der Waals surface area contributed by atoms with Crippen LogP contribution in [0.25, 0.3) is 0 Å². The van der Waals surface area contributed by atoms with E-state index in [9.17, 15) is 0 Å². The van der Waals surface area contributed by atoms with Crippen LogP contribution in [-0.4, -0.2) is 13.1 Å². The van der Waals surface area contributed by atoms with Crippen LogP contribution < -0.4 is 5.32 Å². The van der Waals surface area contributed by atoms with Crippen molar-refractivity contribution >= 4 is 23.2 Å². The Balaban J connectivity index is 2.04. The Morgan fingerprint density at radius 3 is 2.56 bits per heavy atom. The first-order valence-corrected chi connectivity index (χ1v) is 7.57. The zero-order chi connectivity index (χ0) is 13.0. The van der Waals surface area contributed by atoms with Gasteiger partial charge in [0.2, 0.25) is 0 Å². The van der Waals surface area contributed by atoms with E-state index in [0.29, 0.717) is 11.1 Å². The van der Waals surface area contributed by atoms with Crippen molar-refractivity contribution in [2.45, 2.75) is 44.6 Å². The lowest BCUT2D eigenvalue weighted by atomic mass is 9.81. The first kappa shape index (κ1) is 14.2. The van der Waals surface area contributed by atoms with E-state index < -0.39 is 0 Å². The summed E-state index contributed by atoms with van der Waals surface area (Å²) in [5.74, 6) is 0.787. The molecule has 0 radical (unpaired) electrons. The third-order valence-corrected chi connectivity index (χ3v) is 4.63. The first-order valence-electron chi connectivity index (χ1n) is 6.82. The van der Waals surface area contributed by atoms with Crippen LogP contribution in [-0.2, 0) is 6.42 Å². The van der Waals surface area contributed by atoms with Gasteiger partial charge in [0.1, 0.15) is 0 Å². The van der Waals surface area contributed by atoms with Gasteiger partial charge in [-0.1, -0.05) is 48.5 Å². The van der Waals surface area contributed by atoms with Crippen LogP contribution in [0.4, 0.5) is 0 Å². The summed E-state index contributed by atoms with van der Waals surface area (Å²) in [6.07, 6.45) is 7.83. The van der Waals surface area contributed by atoms with Gasteiger partial charge in [-0.3, -0.25) is 0 Å². The maximum Gasteiger partial charge on any atom is 0.0453 e. The molecule has 100 valence electrons. The highest BCUT2D eigenvalue weighted by Gasteiger charge is 2.23. The molecule has 0 aliphatic heterocycles. The van der Waals surface area contributed by atoms with Gasteiger partial charge in [-0.2, -0.15) is 0 Å². The molecule has 0 heterocycles. The molecule has 0 saturated heterocycles. The number of likely N-dealkylation sites (N-methyl/N-ethyl adjacent to an activating group) is 1. The SMILES string of the molecule is CNC(Cc1ccc(Cl)cc1Cl)C1CCCCC1. The predicted octanol–water partition coefficient (Wildman–Crippen LogP) is 4.70. The van der Waals surface area contributed by atoms with Gasteiger partial charge < -0.3 is 5.32 Å². The van der Waals surface area contributed by atoms with E-state index in [0.717, 1.165) is 17.4 Å². The van der Waals surface area contributed by atoms with Gasteiger partial charge in [0.05, 0.1) is 0 Å². The number of hydrogen-bond acceptors (Lipinski definition) is 1. The fourth-order valence-corrected chi connectivity index (χ4v) is 3.45. The summed E-state index contributed by atoms with van der Waals surface area (Å²) in [6.45, 7) is 0. The Hall–Kier alpha value is -0.240. The van der Waals surface area contributed by atoms with Crippen molar-refractivity contribution in [2.24, 2.45) is 5.92 Å². The van der Waals surface area contributed by atoms with E-state index in [-0.39, 0.29) is 0 Å². The van der Waals surface area contributed by atoms with Gasteiger partial charge >= 0.3 is 0 Å². The summed E-state index contributed by atoms with van der Waals surface area (Å²) in [4.78, 5) is 0. The molecule has 1 saturated carbocycles. The van der Waals surface area contributed by atoms with Crippen molar-refractivity contribution in [3.8, 4) is 0 Å². The van der Waals surface area contributed by atoms with Crippen LogP contribution in [0.5, 0.6) is 0 Å². The molecule has 1 aliphatic rings. The molecule has 1 nitrogen and oxygen atoms in total. The van der Waals surface area contributed by atoms with E-state index in [1.54, 1.807) is 0 Å². The van der Waals surface area contributed by atoms with Crippen molar-refractivity contribution in [3.05, 3.63) is 33.8 Å². The van der Waals surface area contributed by atoms with Crippen molar-refractivity contribution in [1.82, 2.24) is 5.32 Å². The van der Waals surface area contributed by atoms with Gasteiger partial charge in [0, 0.05) is 16.1 Å². The summed E-state index contributed by atoms with van der Waals surface area (Å²) in [7, 11) is 2.06. The predicted molar refractivity (Wildman–Crippen MR) is 79.6 cm³/mol. The molecular weight excluding hydrogens is 265 g/mol. The largest absolute Gasteiger partial charge is 0.316 e. The number of halogens is 2. The molecule has 1 fully saturated rings. The summed E-state index contributed by atoms with van der Waals surface area (Å²) in [5.41, 5.74) is 1.20. The van der Waals surface area contributed by atoms with Crippen LogP contribution in [0.15, 0.2) is 18.2 Å². The zero-order valence-electron chi connectivity index (χ0n) is 10.9. The van der Waals surface area contributed by atoms with E-state index in [4.69, 9.17) is 23.2 Å². The molecule has 0 bridgehead atoms. The molecule has 2 rings (SSSR count). The number of benzene rings is 1. The second kappa shape index (κ2) is 6.79. The number of nitrogens with one attached hydrogen (secondary N) is 1. The first-order chi connectivity index (χ1) is 8.70. The third kappa shape index (κ3) is 3.63. The van der Waals surface area contributed by atoms with Crippen LogP contribution in [0, 0.1) is 5.92 Å². The van der Waals surface area contributed by atoms with Gasteiger partial charge in [-0.15, -0.1) is 0 Å². The lowest BCUT2D eigenvalue weighted by Crippen LogP contribution is -2.36. The topological polar surface area (TPSA) is 12.0 Å². The molecule has 0 amide bonds. The molecule has 1 aliphatic carbocycles. The Bertz CT molecular complexity index is 386. The van der Waals surface area contributed by atoms with Crippen molar-refractivity contribution in [3.63, 3.8) is 0 Å². The Morgan fingerprint density at radius 1 is 1.22 bits per heavy atom. The van der Waals surface area contributed by atoms with Crippen LogP contribution in [0.3, 0.4) is 0 Å². The molecule has 1 atom stereocenters. The molecule has 3 heteroatoms. The summed E-state index contributed by atoms with van der Waals surface area (Å²) in [6, 6.07) is 6.35. The second-order valence-corrected chi connectivity index (χ2v) is 6.08. The van der Waals surface area contributed by atoms with E-state index >= 15 is 0 Å². The minimum atomic E-state index is 0.531. The summed E-state index contributed by atoms with van der Waals surface area (Å²) < 4.78 is 0. The maximum atomic E-state index is 6.26. The molecule has 0 aromatic heterocycles. The normalized spacial score (nSPS) is 18.8. The molecule has 1 N–H and O–H groups in total. The highest BCUT2D eigenvalue weighted by Crippen LogP contribution is 2.30. The van der Waals surface area contributed by atoms with Crippen LogP contribution >= 0.6 is 23.2 Å². The minimum absolute atomic E-state index is 0.531. The van der Waals surface area contributed by atoms with Crippen molar-refractivity contribution in [2.75, 3.05) is 7.05 Å². The van der Waals surface area contributed by atoms with E-state index in [1.165, 1.54) is 37.7 Å².